The number of thioether (sulfide) groups is 1. The van der Waals surface area contributed by atoms with E-state index < -0.39 is 0 Å². The van der Waals surface area contributed by atoms with Crippen molar-refractivity contribution in [1.29, 1.82) is 5.26 Å². The normalized spacial score (nSPS) is 12.0. The topological polar surface area (TPSA) is 118 Å². The van der Waals surface area contributed by atoms with Gasteiger partial charge in [-0.2, -0.15) is 5.26 Å². The van der Waals surface area contributed by atoms with E-state index in [1.165, 1.54) is 6.07 Å². The Morgan fingerprint density at radius 2 is 2.12 bits per heavy atom. The van der Waals surface area contributed by atoms with Crippen LogP contribution in [0.5, 0.6) is 0 Å². The molecule has 3 N–H and O–H groups in total. The molecule has 7 nitrogen and oxygen atoms in total. The van der Waals surface area contributed by atoms with Crippen LogP contribution in [0.1, 0.15) is 24.9 Å². The lowest BCUT2D eigenvalue weighted by Gasteiger charge is -2.04. The van der Waals surface area contributed by atoms with Crippen LogP contribution in [0, 0.1) is 11.3 Å². The first-order chi connectivity index (χ1) is 12.6. The van der Waals surface area contributed by atoms with E-state index in [4.69, 9.17) is 0 Å². The Labute approximate surface area is 153 Å². The number of aryl methyl sites for hydroxylation is 1. The predicted octanol–water partition coefficient (Wildman–Crippen LogP) is 3.18. The van der Waals surface area contributed by atoms with Crippen molar-refractivity contribution < 1.29 is 5.11 Å². The van der Waals surface area contributed by atoms with Gasteiger partial charge < -0.3 is 15.1 Å². The highest BCUT2D eigenvalue weighted by molar-refractivity contribution is 7.99. The van der Waals surface area contributed by atoms with Crippen LogP contribution in [0.4, 0.5) is 0 Å². The Balaban J connectivity index is 1.83. The quantitative estimate of drug-likeness (QED) is 0.266. The Morgan fingerprint density at radius 3 is 2.85 bits per heavy atom. The van der Waals surface area contributed by atoms with Crippen molar-refractivity contribution in [3.05, 3.63) is 58.0 Å². The van der Waals surface area contributed by atoms with Gasteiger partial charge in [0.25, 0.3) is 5.56 Å². The molecule has 2 aromatic heterocycles. The largest absolute Gasteiger partial charge is 0.510 e. The first kappa shape index (κ1) is 17.8. The second kappa shape index (κ2) is 7.89. The van der Waals surface area contributed by atoms with Crippen molar-refractivity contribution in [2.45, 2.75) is 24.9 Å². The lowest BCUT2D eigenvalue weighted by atomic mass is 10.2. The first-order valence-electron chi connectivity index (χ1n) is 8.11. The molecule has 0 aliphatic carbocycles. The number of nitrogens with zero attached hydrogens (tertiary/aromatic N) is 3. The molecule has 0 radical (unpaired) electrons. The Morgan fingerprint density at radius 1 is 1.31 bits per heavy atom. The van der Waals surface area contributed by atoms with Crippen LogP contribution in [0.3, 0.4) is 0 Å². The number of aliphatic hydroxyl groups is 1. The summed E-state index contributed by atoms with van der Waals surface area (Å²) in [5.41, 5.74) is 2.05. The van der Waals surface area contributed by atoms with Gasteiger partial charge in [0.1, 0.15) is 17.4 Å². The summed E-state index contributed by atoms with van der Waals surface area (Å²) < 4.78 is 0. The van der Waals surface area contributed by atoms with Crippen molar-refractivity contribution in [1.82, 2.24) is 19.9 Å². The van der Waals surface area contributed by atoms with E-state index in [2.05, 4.69) is 19.9 Å². The number of hydrogen-bond acceptors (Lipinski definition) is 6. The van der Waals surface area contributed by atoms with Crippen LogP contribution >= 0.6 is 11.8 Å². The molecule has 8 heteroatoms. The number of aliphatic hydroxyl groups excluding tert-OH is 1. The molecule has 0 spiro atoms. The van der Waals surface area contributed by atoms with Crippen LogP contribution in [-0.4, -0.2) is 30.8 Å². The number of benzene rings is 1. The molecule has 0 amide bonds. The van der Waals surface area contributed by atoms with E-state index in [-0.39, 0.29) is 22.6 Å². The maximum absolute atomic E-state index is 11.7. The molecule has 3 rings (SSSR count). The Hall–Kier alpha value is -3.05. The minimum Gasteiger partial charge on any atom is -0.510 e. The highest BCUT2D eigenvalue weighted by atomic mass is 32.2. The SMILES string of the molecule is CCCc1cc(=O)[nH]c(SC/C(O)=C(\C#N)c2nc3ccccc3[nH]2)n1. The van der Waals surface area contributed by atoms with Gasteiger partial charge in [-0.15, -0.1) is 0 Å². The summed E-state index contributed by atoms with van der Waals surface area (Å²) in [6.07, 6.45) is 1.60. The zero-order chi connectivity index (χ0) is 18.5. The number of aromatic amines is 2. The molecule has 0 saturated carbocycles. The van der Waals surface area contributed by atoms with Gasteiger partial charge >= 0.3 is 0 Å². The molecule has 0 aliphatic heterocycles. The van der Waals surface area contributed by atoms with Gasteiger partial charge in [-0.3, -0.25) is 4.79 Å². The Bertz CT molecular complexity index is 1030. The first-order valence-corrected chi connectivity index (χ1v) is 9.09. The standard InChI is InChI=1S/C18H17N5O2S/c1-2-5-11-8-16(25)23-18(20-11)26-10-15(24)12(9-19)17-21-13-6-3-4-7-14(13)22-17/h3-4,6-8,24H,2,5,10H2,1H3,(H,21,22)(H,20,23,25)/b15-12-. The van der Waals surface area contributed by atoms with E-state index >= 15 is 0 Å². The fraction of sp³-hybridized carbons (Fsp3) is 0.222. The molecule has 26 heavy (non-hydrogen) atoms. The lowest BCUT2D eigenvalue weighted by molar-refractivity contribution is 0.420. The van der Waals surface area contributed by atoms with Gasteiger partial charge in [0.05, 0.1) is 16.8 Å². The second-order valence-corrected chi connectivity index (χ2v) is 6.58. The average Bonchev–Trinajstić information content (AvgIpc) is 3.04. The molecular weight excluding hydrogens is 350 g/mol. The zero-order valence-electron chi connectivity index (χ0n) is 14.1. The van der Waals surface area contributed by atoms with Crippen LogP contribution in [-0.2, 0) is 6.42 Å². The third-order valence-electron chi connectivity index (χ3n) is 3.65. The van der Waals surface area contributed by atoms with Gasteiger partial charge in [0, 0.05) is 11.8 Å². The molecule has 0 fully saturated rings. The maximum Gasteiger partial charge on any atom is 0.251 e. The number of hydrogen-bond donors (Lipinski definition) is 3. The number of allylic oxidation sites excluding steroid dienone is 1. The van der Waals surface area contributed by atoms with Gasteiger partial charge in [-0.05, 0) is 18.6 Å². The Kier molecular flexibility index (Phi) is 5.39. The summed E-state index contributed by atoms with van der Waals surface area (Å²) in [5, 5.41) is 20.2. The number of nitriles is 1. The number of para-hydroxylation sites is 2. The van der Waals surface area contributed by atoms with Gasteiger partial charge in [0.15, 0.2) is 11.0 Å². The highest BCUT2D eigenvalue weighted by Crippen LogP contribution is 2.22. The number of nitrogens with one attached hydrogen (secondary N) is 2. The minimum absolute atomic E-state index is 0.0701. The second-order valence-electron chi connectivity index (χ2n) is 5.62. The number of imidazole rings is 1. The number of rotatable bonds is 6. The summed E-state index contributed by atoms with van der Waals surface area (Å²) in [7, 11) is 0. The van der Waals surface area contributed by atoms with E-state index in [0.717, 1.165) is 23.7 Å². The average molecular weight is 367 g/mol. The van der Waals surface area contributed by atoms with Crippen LogP contribution in [0.2, 0.25) is 0 Å². The molecule has 0 atom stereocenters. The van der Waals surface area contributed by atoms with Crippen LogP contribution < -0.4 is 5.56 Å². The van der Waals surface area contributed by atoms with Gasteiger partial charge in [-0.1, -0.05) is 37.2 Å². The molecule has 0 aliphatic rings. The third kappa shape index (κ3) is 3.95. The summed E-state index contributed by atoms with van der Waals surface area (Å²) in [5.74, 6) is 0.284. The lowest BCUT2D eigenvalue weighted by Crippen LogP contribution is -2.10. The van der Waals surface area contributed by atoms with Crippen molar-refractivity contribution >= 4 is 28.4 Å². The van der Waals surface area contributed by atoms with E-state index in [0.29, 0.717) is 28.6 Å². The monoisotopic (exact) mass is 367 g/mol. The van der Waals surface area contributed by atoms with Crippen LogP contribution in [0.25, 0.3) is 16.6 Å². The van der Waals surface area contributed by atoms with Crippen molar-refractivity contribution in [3.8, 4) is 6.07 Å². The molecule has 0 unspecified atom stereocenters. The number of fused-ring (bicyclic) bond motifs is 1. The molecule has 132 valence electrons. The summed E-state index contributed by atoms with van der Waals surface area (Å²) in [4.78, 5) is 26.0. The molecule has 0 bridgehead atoms. The van der Waals surface area contributed by atoms with Gasteiger partial charge in [-0.25, -0.2) is 9.97 Å². The molecule has 0 saturated heterocycles. The summed E-state index contributed by atoms with van der Waals surface area (Å²) in [6.45, 7) is 2.01. The fourth-order valence-electron chi connectivity index (χ4n) is 2.47. The number of H-pyrrole nitrogens is 2. The molecule has 2 heterocycles. The van der Waals surface area contributed by atoms with Crippen molar-refractivity contribution in [2.24, 2.45) is 0 Å². The van der Waals surface area contributed by atoms with Crippen LogP contribution in [0.15, 0.2) is 46.0 Å². The third-order valence-corrected chi connectivity index (χ3v) is 4.54. The highest BCUT2D eigenvalue weighted by Gasteiger charge is 2.14. The van der Waals surface area contributed by atoms with Gasteiger partial charge in [0.2, 0.25) is 0 Å². The van der Waals surface area contributed by atoms with Crippen molar-refractivity contribution in [3.63, 3.8) is 0 Å². The zero-order valence-corrected chi connectivity index (χ0v) is 14.9. The fourth-order valence-corrected chi connectivity index (χ4v) is 3.24. The number of aromatic nitrogens is 4. The van der Waals surface area contributed by atoms with E-state index in [9.17, 15) is 15.2 Å². The maximum atomic E-state index is 11.7. The molecule has 3 aromatic rings. The summed E-state index contributed by atoms with van der Waals surface area (Å²) in [6, 6.07) is 10.8. The minimum atomic E-state index is -0.229. The van der Waals surface area contributed by atoms with E-state index in [1.807, 2.05) is 37.3 Å². The summed E-state index contributed by atoms with van der Waals surface area (Å²) >= 11 is 1.16. The smallest absolute Gasteiger partial charge is 0.251 e. The van der Waals surface area contributed by atoms with Crippen molar-refractivity contribution in [2.75, 3.05) is 5.75 Å². The van der Waals surface area contributed by atoms with E-state index in [1.54, 1.807) is 0 Å². The molecular formula is C18H17N5O2S. The predicted molar refractivity (Wildman–Crippen MR) is 101 cm³/mol. The molecule has 1 aromatic carbocycles.